The molecule has 0 N–H and O–H groups in total. The minimum Gasteiger partial charge on any atom is -0.371 e. The van der Waals surface area contributed by atoms with Crippen LogP contribution in [-0.4, -0.2) is 36.0 Å². The molecule has 64 valence electrons. The number of ether oxygens (including phenoxy) is 1. The van der Waals surface area contributed by atoms with Gasteiger partial charge in [0.1, 0.15) is 0 Å². The molecular formula is C8H9NO3. The number of hydrogen-bond donors (Lipinski definition) is 0. The van der Waals surface area contributed by atoms with Gasteiger partial charge < -0.3 is 4.74 Å². The van der Waals surface area contributed by atoms with Gasteiger partial charge in [0, 0.05) is 11.6 Å². The molecule has 0 radical (unpaired) electrons. The summed E-state index contributed by atoms with van der Waals surface area (Å²) in [6.07, 6.45) is 1.45. The third kappa shape index (κ3) is 1.14. The molecule has 2 rings (SSSR count). The van der Waals surface area contributed by atoms with E-state index in [9.17, 15) is 9.59 Å². The first-order valence-electron chi connectivity index (χ1n) is 3.84. The Morgan fingerprint density at radius 1 is 1.67 bits per heavy atom. The van der Waals surface area contributed by atoms with Crippen molar-refractivity contribution in [1.82, 2.24) is 4.90 Å². The van der Waals surface area contributed by atoms with E-state index in [4.69, 9.17) is 4.74 Å². The molecule has 2 aliphatic heterocycles. The van der Waals surface area contributed by atoms with Crippen LogP contribution in [-0.2, 0) is 14.3 Å². The second-order valence-corrected chi connectivity index (χ2v) is 3.04. The van der Waals surface area contributed by atoms with E-state index in [1.54, 1.807) is 6.92 Å². The van der Waals surface area contributed by atoms with Gasteiger partial charge in [-0.1, -0.05) is 0 Å². The van der Waals surface area contributed by atoms with E-state index in [0.717, 1.165) is 0 Å². The van der Waals surface area contributed by atoms with Crippen molar-refractivity contribution in [2.75, 3.05) is 13.2 Å². The molecule has 0 spiro atoms. The van der Waals surface area contributed by atoms with E-state index in [-0.39, 0.29) is 17.9 Å². The lowest BCUT2D eigenvalue weighted by Gasteiger charge is -2.11. The lowest BCUT2D eigenvalue weighted by Crippen LogP contribution is -2.34. The molecule has 0 aromatic rings. The van der Waals surface area contributed by atoms with Crippen molar-refractivity contribution in [3.05, 3.63) is 11.6 Å². The highest BCUT2D eigenvalue weighted by Gasteiger charge is 2.34. The van der Waals surface area contributed by atoms with Gasteiger partial charge in [-0.15, -0.1) is 0 Å². The summed E-state index contributed by atoms with van der Waals surface area (Å²) in [5.74, 6) is -0.400. The summed E-state index contributed by atoms with van der Waals surface area (Å²) < 4.78 is 4.93. The van der Waals surface area contributed by atoms with E-state index < -0.39 is 0 Å². The highest BCUT2D eigenvalue weighted by atomic mass is 16.6. The predicted octanol–water partition coefficient (Wildman–Crippen LogP) is -0.300. The highest BCUT2D eigenvalue weighted by molar-refractivity contribution is 6.15. The molecule has 2 amide bonds. The second-order valence-electron chi connectivity index (χ2n) is 3.04. The average molecular weight is 167 g/mol. The summed E-state index contributed by atoms with van der Waals surface area (Å²) in [5.41, 5.74) is 0.514. The van der Waals surface area contributed by atoms with E-state index in [0.29, 0.717) is 18.7 Å². The summed E-state index contributed by atoms with van der Waals surface area (Å²) in [4.78, 5) is 23.6. The molecule has 0 aromatic heterocycles. The number of carbonyl (C=O) groups is 2. The summed E-state index contributed by atoms with van der Waals surface area (Å²) in [5, 5.41) is 0. The zero-order valence-electron chi connectivity index (χ0n) is 6.74. The van der Waals surface area contributed by atoms with Crippen LogP contribution in [0.5, 0.6) is 0 Å². The maximum Gasteiger partial charge on any atom is 0.256 e. The fourth-order valence-electron chi connectivity index (χ4n) is 1.19. The number of epoxide rings is 1. The Balaban J connectivity index is 2.06. The standard InChI is InChI=1S/C8H9NO3/c1-5-2-7(10)9(8(5)11)3-6-4-12-6/h2,6H,3-4H2,1H3. The fourth-order valence-corrected chi connectivity index (χ4v) is 1.19. The number of carbonyl (C=O) groups excluding carboxylic acids is 2. The van der Waals surface area contributed by atoms with Gasteiger partial charge >= 0.3 is 0 Å². The predicted molar refractivity (Wildman–Crippen MR) is 40.2 cm³/mol. The molecule has 1 unspecified atom stereocenters. The molecule has 1 saturated heterocycles. The van der Waals surface area contributed by atoms with Crippen LogP contribution in [0.15, 0.2) is 11.6 Å². The maximum atomic E-state index is 11.3. The Labute approximate surface area is 69.8 Å². The molecule has 1 fully saturated rings. The molecule has 4 heteroatoms. The van der Waals surface area contributed by atoms with Gasteiger partial charge in [0.2, 0.25) is 0 Å². The Hall–Kier alpha value is -1.16. The van der Waals surface area contributed by atoms with Crippen LogP contribution in [0, 0.1) is 0 Å². The summed E-state index contributed by atoms with van der Waals surface area (Å²) in [6.45, 7) is 2.72. The summed E-state index contributed by atoms with van der Waals surface area (Å²) in [7, 11) is 0. The average Bonchev–Trinajstić information content (AvgIpc) is 2.77. The Morgan fingerprint density at radius 3 is 2.75 bits per heavy atom. The zero-order chi connectivity index (χ0) is 8.72. The molecule has 2 aliphatic rings. The Kier molecular flexibility index (Phi) is 1.51. The number of imide groups is 1. The van der Waals surface area contributed by atoms with Crippen LogP contribution in [0.2, 0.25) is 0 Å². The Bertz CT molecular complexity index is 278. The lowest BCUT2D eigenvalue weighted by molar-refractivity contribution is -0.137. The molecule has 12 heavy (non-hydrogen) atoms. The van der Waals surface area contributed by atoms with E-state index in [1.165, 1.54) is 11.0 Å². The van der Waals surface area contributed by atoms with Crippen molar-refractivity contribution in [3.8, 4) is 0 Å². The second kappa shape index (κ2) is 2.42. The van der Waals surface area contributed by atoms with Crippen LogP contribution in [0.1, 0.15) is 6.92 Å². The zero-order valence-corrected chi connectivity index (χ0v) is 6.74. The normalized spacial score (nSPS) is 27.9. The number of hydrogen-bond acceptors (Lipinski definition) is 3. The molecule has 0 saturated carbocycles. The molecule has 0 aromatic carbocycles. The van der Waals surface area contributed by atoms with Gasteiger partial charge in [-0.2, -0.15) is 0 Å². The minimum atomic E-state index is -0.215. The Morgan fingerprint density at radius 2 is 2.33 bits per heavy atom. The summed E-state index contributed by atoms with van der Waals surface area (Å²) in [6, 6.07) is 0. The van der Waals surface area contributed by atoms with Crippen molar-refractivity contribution in [1.29, 1.82) is 0 Å². The van der Waals surface area contributed by atoms with Crippen LogP contribution in [0.3, 0.4) is 0 Å². The van der Waals surface area contributed by atoms with Crippen LogP contribution >= 0.6 is 0 Å². The first-order valence-corrected chi connectivity index (χ1v) is 3.84. The smallest absolute Gasteiger partial charge is 0.256 e. The molecule has 0 aliphatic carbocycles. The monoisotopic (exact) mass is 167 g/mol. The minimum absolute atomic E-state index is 0.0807. The van der Waals surface area contributed by atoms with Crippen LogP contribution in [0.25, 0.3) is 0 Å². The number of rotatable bonds is 2. The maximum absolute atomic E-state index is 11.3. The van der Waals surface area contributed by atoms with E-state index >= 15 is 0 Å². The van der Waals surface area contributed by atoms with Gasteiger partial charge in [0.05, 0.1) is 19.3 Å². The van der Waals surface area contributed by atoms with Gasteiger partial charge in [0.25, 0.3) is 11.8 Å². The first kappa shape index (κ1) is 7.49. The van der Waals surface area contributed by atoms with Crippen LogP contribution in [0.4, 0.5) is 0 Å². The van der Waals surface area contributed by atoms with Crippen molar-refractivity contribution in [2.24, 2.45) is 0 Å². The van der Waals surface area contributed by atoms with Gasteiger partial charge in [0.15, 0.2) is 0 Å². The van der Waals surface area contributed by atoms with Gasteiger partial charge in [-0.3, -0.25) is 14.5 Å². The number of nitrogens with zero attached hydrogens (tertiary/aromatic N) is 1. The van der Waals surface area contributed by atoms with Gasteiger partial charge in [-0.25, -0.2) is 0 Å². The van der Waals surface area contributed by atoms with Crippen molar-refractivity contribution < 1.29 is 14.3 Å². The topological polar surface area (TPSA) is 49.9 Å². The lowest BCUT2D eigenvalue weighted by atomic mass is 10.3. The van der Waals surface area contributed by atoms with Crippen molar-refractivity contribution in [2.45, 2.75) is 13.0 Å². The molecule has 2 heterocycles. The third-order valence-corrected chi connectivity index (χ3v) is 1.98. The van der Waals surface area contributed by atoms with Gasteiger partial charge in [-0.05, 0) is 6.92 Å². The molecular weight excluding hydrogens is 158 g/mol. The highest BCUT2D eigenvalue weighted by Crippen LogP contribution is 2.17. The van der Waals surface area contributed by atoms with E-state index in [1.807, 2.05) is 0 Å². The number of amides is 2. The van der Waals surface area contributed by atoms with Crippen molar-refractivity contribution in [3.63, 3.8) is 0 Å². The molecule has 0 bridgehead atoms. The summed E-state index contributed by atoms with van der Waals surface area (Å²) >= 11 is 0. The molecule has 1 atom stereocenters. The van der Waals surface area contributed by atoms with Crippen LogP contribution < -0.4 is 0 Å². The fraction of sp³-hybridized carbons (Fsp3) is 0.500. The first-order chi connectivity index (χ1) is 5.68. The molecule has 4 nitrogen and oxygen atoms in total. The SMILES string of the molecule is CC1=CC(=O)N(CC2CO2)C1=O. The van der Waals surface area contributed by atoms with Crippen molar-refractivity contribution >= 4 is 11.8 Å². The largest absolute Gasteiger partial charge is 0.371 e. The van der Waals surface area contributed by atoms with E-state index in [2.05, 4.69) is 0 Å². The third-order valence-electron chi connectivity index (χ3n) is 1.98. The quantitative estimate of drug-likeness (QED) is 0.419.